The van der Waals surface area contributed by atoms with E-state index in [2.05, 4.69) is 24.2 Å². The number of nitrogens with one attached hydrogen (secondary N) is 1. The molecule has 3 rings (SSSR count). The van der Waals surface area contributed by atoms with E-state index in [0.29, 0.717) is 5.69 Å². The maximum absolute atomic E-state index is 12.7. The fourth-order valence-electron chi connectivity index (χ4n) is 2.89. The van der Waals surface area contributed by atoms with Gasteiger partial charge >= 0.3 is 0 Å². The number of amides is 2. The average molecular weight is 358 g/mol. The van der Waals surface area contributed by atoms with E-state index in [1.807, 2.05) is 44.2 Å². The van der Waals surface area contributed by atoms with Crippen LogP contribution in [0, 0.1) is 25.7 Å². The fourth-order valence-corrected chi connectivity index (χ4v) is 2.89. The number of benzene rings is 2. The number of anilines is 1. The summed E-state index contributed by atoms with van der Waals surface area (Å²) >= 11 is 0. The lowest BCUT2D eigenvalue weighted by Gasteiger charge is -2.14. The number of rotatable bonds is 3. The van der Waals surface area contributed by atoms with Crippen LogP contribution in [-0.2, 0) is 9.59 Å². The molecular weight excluding hydrogens is 336 g/mol. The molecule has 1 saturated heterocycles. The van der Waals surface area contributed by atoms with Crippen molar-refractivity contribution in [3.05, 3.63) is 70.3 Å². The van der Waals surface area contributed by atoms with Crippen LogP contribution in [-0.4, -0.2) is 11.8 Å². The summed E-state index contributed by atoms with van der Waals surface area (Å²) in [6, 6.07) is 12.9. The molecule has 1 N–H and O–H groups in total. The first-order chi connectivity index (χ1) is 13.0. The van der Waals surface area contributed by atoms with Crippen molar-refractivity contribution in [1.29, 1.82) is 0 Å². The van der Waals surface area contributed by atoms with Gasteiger partial charge in [-0.2, -0.15) is 0 Å². The molecule has 1 heterocycles. The molecule has 1 aliphatic rings. The second-order valence-electron chi connectivity index (χ2n) is 6.48. The molecule has 2 aromatic rings. The summed E-state index contributed by atoms with van der Waals surface area (Å²) in [5, 5.41) is 1.28. The molecule has 0 radical (unpaired) electrons. The Bertz CT molecular complexity index is 979. The predicted octanol–water partition coefficient (Wildman–Crippen LogP) is 3.92. The van der Waals surface area contributed by atoms with Crippen molar-refractivity contribution in [2.75, 3.05) is 5.01 Å². The van der Waals surface area contributed by atoms with Crippen LogP contribution in [0.5, 0.6) is 0 Å². The lowest BCUT2D eigenvalue weighted by Crippen LogP contribution is -2.35. The molecule has 136 valence electrons. The van der Waals surface area contributed by atoms with E-state index in [1.54, 1.807) is 18.2 Å². The molecule has 0 aromatic heterocycles. The highest BCUT2D eigenvalue weighted by molar-refractivity contribution is 6.31. The molecule has 0 saturated carbocycles. The maximum Gasteiger partial charge on any atom is 0.282 e. The van der Waals surface area contributed by atoms with Gasteiger partial charge in [0.1, 0.15) is 5.57 Å². The third-order valence-electron chi connectivity index (χ3n) is 4.63. The number of hydrogen-bond acceptors (Lipinski definition) is 2. The van der Waals surface area contributed by atoms with E-state index < -0.39 is 5.91 Å². The minimum Gasteiger partial charge on any atom is -0.267 e. The van der Waals surface area contributed by atoms with Crippen LogP contribution < -0.4 is 10.4 Å². The van der Waals surface area contributed by atoms with Crippen LogP contribution in [0.3, 0.4) is 0 Å². The Morgan fingerprint density at radius 1 is 1.04 bits per heavy atom. The highest BCUT2D eigenvalue weighted by Crippen LogP contribution is 2.24. The van der Waals surface area contributed by atoms with Gasteiger partial charge in [0.2, 0.25) is 0 Å². The normalized spacial score (nSPS) is 14.9. The van der Waals surface area contributed by atoms with E-state index in [0.717, 1.165) is 35.1 Å². The third kappa shape index (κ3) is 3.78. The quantitative estimate of drug-likeness (QED) is 0.514. The van der Waals surface area contributed by atoms with E-state index >= 15 is 0 Å². The molecule has 0 unspecified atom stereocenters. The van der Waals surface area contributed by atoms with Crippen molar-refractivity contribution < 1.29 is 9.59 Å². The van der Waals surface area contributed by atoms with Gasteiger partial charge in [-0.3, -0.25) is 15.0 Å². The Morgan fingerprint density at radius 3 is 2.48 bits per heavy atom. The van der Waals surface area contributed by atoms with Gasteiger partial charge in [0, 0.05) is 12.0 Å². The zero-order chi connectivity index (χ0) is 19.4. The van der Waals surface area contributed by atoms with Crippen molar-refractivity contribution >= 4 is 23.6 Å². The van der Waals surface area contributed by atoms with Crippen LogP contribution in [0.15, 0.2) is 48.0 Å². The molecule has 4 heteroatoms. The molecule has 0 aliphatic carbocycles. The predicted molar refractivity (Wildman–Crippen MR) is 108 cm³/mol. The van der Waals surface area contributed by atoms with E-state index in [-0.39, 0.29) is 11.5 Å². The largest absolute Gasteiger partial charge is 0.282 e. The number of para-hydroxylation sites is 1. The smallest absolute Gasteiger partial charge is 0.267 e. The Kier molecular flexibility index (Phi) is 5.42. The summed E-state index contributed by atoms with van der Waals surface area (Å²) in [5.41, 5.74) is 7.31. The number of nitrogens with zero attached hydrogens (tertiary/aromatic N) is 1. The van der Waals surface area contributed by atoms with Gasteiger partial charge in [0.25, 0.3) is 11.8 Å². The first-order valence-electron chi connectivity index (χ1n) is 9.04. The summed E-state index contributed by atoms with van der Waals surface area (Å²) in [6.45, 7) is 6.10. The van der Waals surface area contributed by atoms with Crippen molar-refractivity contribution in [3.8, 4) is 11.8 Å². The Balaban J connectivity index is 1.93. The molecule has 1 fully saturated rings. The first kappa shape index (κ1) is 18.5. The van der Waals surface area contributed by atoms with Crippen LogP contribution in [0.2, 0.25) is 0 Å². The average Bonchev–Trinajstić information content (AvgIpc) is 2.96. The minimum absolute atomic E-state index is 0.131. The van der Waals surface area contributed by atoms with E-state index in [4.69, 9.17) is 0 Å². The summed E-state index contributed by atoms with van der Waals surface area (Å²) < 4.78 is 0. The first-order valence-corrected chi connectivity index (χ1v) is 9.04. The van der Waals surface area contributed by atoms with Gasteiger partial charge in [-0.15, -0.1) is 0 Å². The highest BCUT2D eigenvalue weighted by Gasteiger charge is 2.34. The van der Waals surface area contributed by atoms with Crippen LogP contribution in [0.25, 0.3) is 6.08 Å². The second kappa shape index (κ2) is 7.92. The number of carbonyl (C=O) groups excluding carboxylic acids is 2. The summed E-state index contributed by atoms with van der Waals surface area (Å²) in [4.78, 5) is 25.1. The monoisotopic (exact) mass is 358 g/mol. The number of hydrogen-bond donors (Lipinski definition) is 1. The number of unbranched alkanes of at least 4 members (excludes halogenated alkanes) is 1. The van der Waals surface area contributed by atoms with Crippen LogP contribution in [0.4, 0.5) is 5.69 Å². The summed E-state index contributed by atoms with van der Waals surface area (Å²) in [7, 11) is 0. The standard InChI is InChI=1S/C23H22N2O2/c1-4-5-7-10-18-13-14-19(17(3)16(18)2)15-21-22(26)24-25(23(21)27)20-11-8-6-9-12-20/h6,8-9,11-15H,4-5H2,1-3H3,(H,24,26)/b21-15-. The highest BCUT2D eigenvalue weighted by atomic mass is 16.2. The van der Waals surface area contributed by atoms with Crippen molar-refractivity contribution in [2.24, 2.45) is 0 Å². The lowest BCUT2D eigenvalue weighted by atomic mass is 9.96. The molecular formula is C23H22N2O2. The van der Waals surface area contributed by atoms with Crippen molar-refractivity contribution in [3.63, 3.8) is 0 Å². The minimum atomic E-state index is -0.396. The zero-order valence-electron chi connectivity index (χ0n) is 15.8. The molecule has 0 bridgehead atoms. The molecule has 27 heavy (non-hydrogen) atoms. The Labute approximate surface area is 159 Å². The van der Waals surface area contributed by atoms with Gasteiger partial charge in [0.05, 0.1) is 5.69 Å². The molecule has 0 spiro atoms. The second-order valence-corrected chi connectivity index (χ2v) is 6.48. The fraction of sp³-hybridized carbons (Fsp3) is 0.217. The Morgan fingerprint density at radius 2 is 1.78 bits per heavy atom. The maximum atomic E-state index is 12.7. The van der Waals surface area contributed by atoms with Gasteiger partial charge < -0.3 is 0 Å². The van der Waals surface area contributed by atoms with Crippen molar-refractivity contribution in [1.82, 2.24) is 5.43 Å². The van der Waals surface area contributed by atoms with Gasteiger partial charge in [-0.05, 0) is 61.2 Å². The summed E-state index contributed by atoms with van der Waals surface area (Å²) in [6.07, 6.45) is 3.56. The molecule has 4 nitrogen and oxygen atoms in total. The van der Waals surface area contributed by atoms with Gasteiger partial charge in [-0.25, -0.2) is 5.01 Å². The lowest BCUT2D eigenvalue weighted by molar-refractivity contribution is -0.117. The van der Waals surface area contributed by atoms with Crippen molar-refractivity contribution in [2.45, 2.75) is 33.6 Å². The topological polar surface area (TPSA) is 49.4 Å². The summed E-state index contributed by atoms with van der Waals surface area (Å²) in [5.74, 6) is 5.61. The number of hydrazine groups is 1. The third-order valence-corrected chi connectivity index (χ3v) is 4.63. The molecule has 2 aromatic carbocycles. The number of carbonyl (C=O) groups is 2. The van der Waals surface area contributed by atoms with Gasteiger partial charge in [0.15, 0.2) is 0 Å². The van der Waals surface area contributed by atoms with Crippen LogP contribution in [0.1, 0.15) is 42.0 Å². The molecule has 2 amide bonds. The van der Waals surface area contributed by atoms with Crippen LogP contribution >= 0.6 is 0 Å². The van der Waals surface area contributed by atoms with E-state index in [9.17, 15) is 9.59 Å². The van der Waals surface area contributed by atoms with E-state index in [1.165, 1.54) is 5.01 Å². The SMILES string of the molecule is CCCC#Cc1ccc(/C=C2/C(=O)NN(c3ccccc3)C2=O)c(C)c1C. The van der Waals surface area contributed by atoms with Gasteiger partial charge in [-0.1, -0.05) is 43.0 Å². The Hall–Kier alpha value is -3.32. The zero-order valence-corrected chi connectivity index (χ0v) is 15.8. The molecule has 0 atom stereocenters. The molecule has 1 aliphatic heterocycles.